The van der Waals surface area contributed by atoms with Crippen molar-refractivity contribution >= 4 is 0 Å². The van der Waals surface area contributed by atoms with Crippen LogP contribution in [0.2, 0.25) is 0 Å². The van der Waals surface area contributed by atoms with Crippen LogP contribution in [0, 0.1) is 0 Å². The lowest BCUT2D eigenvalue weighted by atomic mass is 10.0. The van der Waals surface area contributed by atoms with Gasteiger partial charge in [-0.15, -0.1) is 0 Å². The smallest absolute Gasteiger partial charge is 0.0597 e. The maximum Gasteiger partial charge on any atom is 0.0597 e. The van der Waals surface area contributed by atoms with E-state index in [1.807, 2.05) is 0 Å². The summed E-state index contributed by atoms with van der Waals surface area (Å²) in [6.07, 6.45) is 31.2. The van der Waals surface area contributed by atoms with Crippen molar-refractivity contribution in [3.8, 4) is 0 Å². The van der Waals surface area contributed by atoms with Crippen LogP contribution in [0.5, 0.6) is 0 Å². The van der Waals surface area contributed by atoms with Gasteiger partial charge in [0.25, 0.3) is 0 Å². The predicted octanol–water partition coefficient (Wildman–Crippen LogP) is 7.96. The highest BCUT2D eigenvalue weighted by Gasteiger charge is 2.16. The second kappa shape index (κ2) is 20.6. The van der Waals surface area contributed by atoms with Crippen molar-refractivity contribution < 1.29 is 9.84 Å². The van der Waals surface area contributed by atoms with Crippen LogP contribution in [-0.4, -0.2) is 24.4 Å². The lowest BCUT2D eigenvalue weighted by Crippen LogP contribution is -2.26. The van der Waals surface area contributed by atoms with Crippen LogP contribution in [-0.2, 0) is 4.74 Å². The van der Waals surface area contributed by atoms with Gasteiger partial charge in [-0.1, -0.05) is 122 Å². The molecule has 0 saturated carbocycles. The first-order valence-corrected chi connectivity index (χ1v) is 12.7. The summed E-state index contributed by atoms with van der Waals surface area (Å²) in [4.78, 5) is 0. The average molecular weight is 383 g/mol. The highest BCUT2D eigenvalue weighted by Crippen LogP contribution is 2.19. The van der Waals surface area contributed by atoms with E-state index in [-0.39, 0.29) is 0 Å². The van der Waals surface area contributed by atoms with Gasteiger partial charge in [0.15, 0.2) is 0 Å². The zero-order chi connectivity index (χ0) is 19.3. The molecule has 2 nitrogen and oxygen atoms in total. The van der Waals surface area contributed by atoms with Gasteiger partial charge in [0.1, 0.15) is 0 Å². The van der Waals surface area contributed by atoms with E-state index in [9.17, 15) is 0 Å². The van der Waals surface area contributed by atoms with Crippen molar-refractivity contribution in [1.29, 1.82) is 0 Å². The maximum atomic E-state index is 8.74. The van der Waals surface area contributed by atoms with Crippen molar-refractivity contribution in [3.05, 3.63) is 0 Å². The third-order valence-electron chi connectivity index (χ3n) is 6.23. The van der Waals surface area contributed by atoms with Crippen LogP contribution in [0.1, 0.15) is 141 Å². The molecule has 0 aromatic rings. The Morgan fingerprint density at radius 1 is 0.481 bits per heavy atom. The van der Waals surface area contributed by atoms with Gasteiger partial charge in [-0.2, -0.15) is 0 Å². The van der Waals surface area contributed by atoms with Crippen LogP contribution in [0.25, 0.3) is 0 Å². The normalized spacial score (nSPS) is 16.6. The summed E-state index contributed by atoms with van der Waals surface area (Å²) in [6.45, 7) is 1.38. The van der Waals surface area contributed by atoms with Crippen LogP contribution < -0.4 is 0 Å². The molecule has 1 atom stereocenters. The molecule has 0 amide bonds. The number of hydrogen-bond acceptors (Lipinski definition) is 2. The molecule has 1 N–H and O–H groups in total. The molecule has 0 radical (unpaired) electrons. The van der Waals surface area contributed by atoms with Crippen molar-refractivity contribution in [1.82, 2.24) is 0 Å². The topological polar surface area (TPSA) is 29.5 Å². The van der Waals surface area contributed by atoms with E-state index in [2.05, 4.69) is 0 Å². The Morgan fingerprint density at radius 2 is 0.778 bits per heavy atom. The number of aliphatic hydroxyl groups excluding tert-OH is 1. The van der Waals surface area contributed by atoms with Gasteiger partial charge < -0.3 is 9.84 Å². The third kappa shape index (κ3) is 17.7. The van der Waals surface area contributed by atoms with E-state index in [4.69, 9.17) is 9.84 Å². The lowest BCUT2D eigenvalue weighted by Gasteiger charge is -2.26. The molecule has 0 aromatic heterocycles. The van der Waals surface area contributed by atoms with Crippen LogP contribution >= 0.6 is 0 Å². The first-order valence-electron chi connectivity index (χ1n) is 12.7. The number of aliphatic hydroxyl groups is 1. The Hall–Kier alpha value is -0.0800. The van der Waals surface area contributed by atoms with Gasteiger partial charge in [0.2, 0.25) is 0 Å². The molecular formula is C25H50O2. The molecule has 1 fully saturated rings. The van der Waals surface area contributed by atoms with Crippen molar-refractivity contribution in [3.63, 3.8) is 0 Å². The molecular weight excluding hydrogens is 332 g/mol. The minimum atomic E-state index is 0.372. The largest absolute Gasteiger partial charge is 0.396 e. The van der Waals surface area contributed by atoms with Crippen molar-refractivity contribution in [2.24, 2.45) is 0 Å². The molecule has 1 aliphatic rings. The summed E-state index contributed by atoms with van der Waals surface area (Å²) in [5.41, 5.74) is 0. The van der Waals surface area contributed by atoms with Gasteiger partial charge in [0.05, 0.1) is 6.10 Å². The number of hydrogen-bond donors (Lipinski definition) is 1. The zero-order valence-corrected chi connectivity index (χ0v) is 18.4. The standard InChI is InChI=1S/C25H50O2/c26-23-20-18-16-14-12-10-8-6-4-2-1-3-5-7-9-11-13-15-17-19-21-25-22-24-27-25/h25-26H,1-24H2. The summed E-state index contributed by atoms with van der Waals surface area (Å²) in [5, 5.41) is 8.74. The number of rotatable bonds is 22. The number of unbranched alkanes of at least 4 members (excludes halogenated alkanes) is 19. The molecule has 1 unspecified atom stereocenters. The van der Waals surface area contributed by atoms with Gasteiger partial charge >= 0.3 is 0 Å². The highest BCUT2D eigenvalue weighted by atomic mass is 16.5. The summed E-state index contributed by atoms with van der Waals surface area (Å²) in [7, 11) is 0. The van der Waals surface area contributed by atoms with E-state index in [0.29, 0.717) is 12.7 Å². The molecule has 1 rings (SSSR count). The Balaban J connectivity index is 1.60. The van der Waals surface area contributed by atoms with Crippen LogP contribution in [0.3, 0.4) is 0 Å². The molecule has 162 valence electrons. The minimum absolute atomic E-state index is 0.372. The van der Waals surface area contributed by atoms with E-state index < -0.39 is 0 Å². The van der Waals surface area contributed by atoms with E-state index in [1.165, 1.54) is 135 Å². The molecule has 1 heterocycles. The lowest BCUT2D eigenvalue weighted by molar-refractivity contribution is -0.0555. The zero-order valence-electron chi connectivity index (χ0n) is 18.4. The summed E-state index contributed by atoms with van der Waals surface area (Å²) >= 11 is 0. The molecule has 0 aliphatic carbocycles. The minimum Gasteiger partial charge on any atom is -0.396 e. The molecule has 27 heavy (non-hydrogen) atoms. The van der Waals surface area contributed by atoms with Gasteiger partial charge in [0, 0.05) is 13.2 Å². The Kier molecular flexibility index (Phi) is 19.1. The van der Waals surface area contributed by atoms with Crippen LogP contribution in [0.15, 0.2) is 0 Å². The van der Waals surface area contributed by atoms with Crippen LogP contribution in [0.4, 0.5) is 0 Å². The average Bonchev–Trinajstić information content (AvgIpc) is 2.64. The highest BCUT2D eigenvalue weighted by molar-refractivity contribution is 4.65. The van der Waals surface area contributed by atoms with E-state index in [0.717, 1.165) is 13.0 Å². The number of ether oxygens (including phenoxy) is 1. The molecule has 2 heteroatoms. The summed E-state index contributed by atoms with van der Waals surface area (Å²) in [6, 6.07) is 0. The fraction of sp³-hybridized carbons (Fsp3) is 1.00. The predicted molar refractivity (Wildman–Crippen MR) is 118 cm³/mol. The Labute approximate surface area is 170 Å². The summed E-state index contributed by atoms with van der Waals surface area (Å²) < 4.78 is 5.47. The molecule has 0 bridgehead atoms. The Morgan fingerprint density at radius 3 is 1.04 bits per heavy atom. The molecule has 1 saturated heterocycles. The second-order valence-corrected chi connectivity index (χ2v) is 8.86. The monoisotopic (exact) mass is 382 g/mol. The fourth-order valence-corrected chi connectivity index (χ4v) is 4.18. The first-order chi connectivity index (χ1) is 13.4. The van der Waals surface area contributed by atoms with E-state index in [1.54, 1.807) is 0 Å². The molecule has 0 aromatic carbocycles. The van der Waals surface area contributed by atoms with Gasteiger partial charge in [-0.05, 0) is 19.3 Å². The van der Waals surface area contributed by atoms with Crippen molar-refractivity contribution in [2.45, 2.75) is 147 Å². The second-order valence-electron chi connectivity index (χ2n) is 8.86. The Bertz CT molecular complexity index is 275. The fourth-order valence-electron chi connectivity index (χ4n) is 4.18. The van der Waals surface area contributed by atoms with E-state index >= 15 is 0 Å². The quantitative estimate of drug-likeness (QED) is 0.192. The van der Waals surface area contributed by atoms with Gasteiger partial charge in [-0.3, -0.25) is 0 Å². The molecule has 0 spiro atoms. The summed E-state index contributed by atoms with van der Waals surface area (Å²) in [5.74, 6) is 0. The SMILES string of the molecule is OCCCCCCCCCCCCCCCCCCCCCCC1CCO1. The van der Waals surface area contributed by atoms with Crippen molar-refractivity contribution in [2.75, 3.05) is 13.2 Å². The third-order valence-corrected chi connectivity index (χ3v) is 6.23. The molecule has 1 aliphatic heterocycles. The maximum absolute atomic E-state index is 8.74. The first kappa shape index (κ1) is 25.0. The van der Waals surface area contributed by atoms with Gasteiger partial charge in [-0.25, -0.2) is 0 Å².